The predicted molar refractivity (Wildman–Crippen MR) is 127 cm³/mol. The van der Waals surface area contributed by atoms with Gasteiger partial charge in [0.1, 0.15) is 0 Å². The molecule has 1 saturated heterocycles. The van der Waals surface area contributed by atoms with E-state index in [0.717, 1.165) is 31.5 Å². The largest absolute Gasteiger partial charge is 0.342 e. The number of thioether (sulfide) groups is 1. The van der Waals surface area contributed by atoms with Crippen LogP contribution >= 0.6 is 23.4 Å². The number of nitrogens with zero attached hydrogens (tertiary/aromatic N) is 3. The summed E-state index contributed by atoms with van der Waals surface area (Å²) < 4.78 is 1.64. The summed E-state index contributed by atoms with van der Waals surface area (Å²) >= 11 is 7.71. The molecule has 31 heavy (non-hydrogen) atoms. The third kappa shape index (κ3) is 4.80. The van der Waals surface area contributed by atoms with Crippen molar-refractivity contribution >= 4 is 40.2 Å². The molecule has 1 atom stereocenters. The summed E-state index contributed by atoms with van der Waals surface area (Å²) in [5, 5.41) is 1.36. The van der Waals surface area contributed by atoms with Gasteiger partial charge < -0.3 is 4.90 Å². The number of rotatable bonds is 5. The summed E-state index contributed by atoms with van der Waals surface area (Å²) in [6.07, 6.45) is 2.07. The van der Waals surface area contributed by atoms with Crippen molar-refractivity contribution in [2.24, 2.45) is 5.92 Å². The van der Waals surface area contributed by atoms with E-state index in [9.17, 15) is 9.59 Å². The smallest absolute Gasteiger partial charge is 0.262 e. The molecule has 1 fully saturated rings. The molecule has 1 amide bonds. The van der Waals surface area contributed by atoms with Gasteiger partial charge in [0.15, 0.2) is 5.16 Å². The average Bonchev–Trinajstić information content (AvgIpc) is 2.77. The Morgan fingerprint density at radius 2 is 1.84 bits per heavy atom. The Morgan fingerprint density at radius 1 is 1.16 bits per heavy atom. The van der Waals surface area contributed by atoms with Crippen LogP contribution < -0.4 is 5.56 Å². The van der Waals surface area contributed by atoms with Crippen LogP contribution in [-0.4, -0.2) is 38.7 Å². The maximum Gasteiger partial charge on any atom is 0.262 e. The Hall–Kier alpha value is -2.31. The molecule has 1 aliphatic heterocycles. The van der Waals surface area contributed by atoms with E-state index in [-0.39, 0.29) is 16.7 Å². The quantitative estimate of drug-likeness (QED) is 0.408. The lowest BCUT2D eigenvalue weighted by atomic mass is 9.99. The maximum atomic E-state index is 13.3. The average molecular weight is 456 g/mol. The van der Waals surface area contributed by atoms with Gasteiger partial charge >= 0.3 is 0 Å². The van der Waals surface area contributed by atoms with Crippen molar-refractivity contribution in [1.82, 2.24) is 14.5 Å². The van der Waals surface area contributed by atoms with Crippen LogP contribution in [-0.2, 0) is 11.3 Å². The Morgan fingerprint density at radius 3 is 2.58 bits per heavy atom. The van der Waals surface area contributed by atoms with Crippen LogP contribution in [0.2, 0.25) is 5.02 Å². The number of fused-ring (bicyclic) bond motifs is 1. The number of carbonyl (C=O) groups is 1. The lowest BCUT2D eigenvalue weighted by molar-refractivity contribution is -0.131. The molecule has 162 valence electrons. The van der Waals surface area contributed by atoms with E-state index in [1.54, 1.807) is 10.6 Å². The number of benzene rings is 2. The van der Waals surface area contributed by atoms with Crippen molar-refractivity contribution in [3.63, 3.8) is 0 Å². The van der Waals surface area contributed by atoms with Crippen molar-refractivity contribution in [3.8, 4) is 0 Å². The molecular formula is C24H26ClN3O2S. The molecule has 4 rings (SSSR count). The normalized spacial score (nSPS) is 15.9. The summed E-state index contributed by atoms with van der Waals surface area (Å²) in [7, 11) is 0. The second-order valence-electron chi connectivity index (χ2n) is 8.16. The summed E-state index contributed by atoms with van der Waals surface area (Å²) in [6.45, 7) is 6.02. The Kier molecular flexibility index (Phi) is 6.68. The monoisotopic (exact) mass is 455 g/mol. The zero-order valence-electron chi connectivity index (χ0n) is 17.8. The topological polar surface area (TPSA) is 55.2 Å². The highest BCUT2D eigenvalue weighted by Gasteiger charge is 2.26. The van der Waals surface area contributed by atoms with Gasteiger partial charge in [-0.3, -0.25) is 14.2 Å². The lowest BCUT2D eigenvalue weighted by Gasteiger charge is -2.32. The first-order chi connectivity index (χ1) is 14.9. The van der Waals surface area contributed by atoms with Gasteiger partial charge in [0.25, 0.3) is 5.56 Å². The number of amides is 1. The van der Waals surface area contributed by atoms with Crippen LogP contribution in [0.15, 0.2) is 58.5 Å². The van der Waals surface area contributed by atoms with E-state index in [1.807, 2.05) is 54.3 Å². The van der Waals surface area contributed by atoms with E-state index < -0.39 is 0 Å². The molecule has 0 radical (unpaired) electrons. The molecule has 0 spiro atoms. The number of hydrogen-bond acceptors (Lipinski definition) is 4. The molecular weight excluding hydrogens is 430 g/mol. The lowest BCUT2D eigenvalue weighted by Crippen LogP contribution is -2.42. The molecule has 1 aromatic heterocycles. The molecule has 3 aromatic rings. The standard InChI is InChI=1S/C24H26ClN3O2S/c1-16-11-13-27(14-12-16)22(29)17(2)31-24-26-21-10-6-4-8-19(21)23(30)28(24)15-18-7-3-5-9-20(18)25/h3-10,16-17H,11-15H2,1-2H3. The molecule has 0 saturated carbocycles. The van der Waals surface area contributed by atoms with Crippen LogP contribution in [0.1, 0.15) is 32.3 Å². The minimum atomic E-state index is -0.334. The van der Waals surface area contributed by atoms with E-state index in [1.165, 1.54) is 11.8 Å². The Labute approximate surface area is 191 Å². The first kappa shape index (κ1) is 21.9. The van der Waals surface area contributed by atoms with Gasteiger partial charge in [0.2, 0.25) is 5.91 Å². The van der Waals surface area contributed by atoms with Crippen LogP contribution in [0.5, 0.6) is 0 Å². The number of piperidine rings is 1. The summed E-state index contributed by atoms with van der Waals surface area (Å²) in [5.74, 6) is 0.763. The molecule has 5 nitrogen and oxygen atoms in total. The third-order valence-corrected chi connectivity index (χ3v) is 7.28. The second kappa shape index (κ2) is 9.45. The number of hydrogen-bond donors (Lipinski definition) is 0. The number of aromatic nitrogens is 2. The van der Waals surface area contributed by atoms with Crippen LogP contribution in [0, 0.1) is 5.92 Å². The van der Waals surface area contributed by atoms with Crippen molar-refractivity contribution in [1.29, 1.82) is 0 Å². The molecule has 0 aliphatic carbocycles. The number of halogens is 1. The van der Waals surface area contributed by atoms with Gasteiger partial charge in [-0.25, -0.2) is 4.98 Å². The fourth-order valence-electron chi connectivity index (χ4n) is 3.87. The van der Waals surface area contributed by atoms with Gasteiger partial charge in [-0.15, -0.1) is 0 Å². The summed E-state index contributed by atoms with van der Waals surface area (Å²) in [6, 6.07) is 14.8. The molecule has 1 unspecified atom stereocenters. The predicted octanol–water partition coefficient (Wildman–Crippen LogP) is 4.84. The van der Waals surface area contributed by atoms with Gasteiger partial charge in [0, 0.05) is 18.1 Å². The summed E-state index contributed by atoms with van der Waals surface area (Å²) in [4.78, 5) is 33.1. The van der Waals surface area contributed by atoms with Gasteiger partial charge in [-0.2, -0.15) is 0 Å². The SMILES string of the molecule is CC1CCN(C(=O)C(C)Sc2nc3ccccc3c(=O)n2Cc2ccccc2Cl)CC1. The van der Waals surface area contributed by atoms with Crippen LogP contribution in [0.25, 0.3) is 10.9 Å². The van der Waals surface area contributed by atoms with E-state index in [4.69, 9.17) is 16.6 Å². The van der Waals surface area contributed by atoms with Crippen molar-refractivity contribution in [3.05, 3.63) is 69.5 Å². The Bertz CT molecular complexity index is 1160. The molecule has 7 heteroatoms. The van der Waals surface area contributed by atoms with Gasteiger partial charge in [-0.1, -0.05) is 60.6 Å². The van der Waals surface area contributed by atoms with Crippen LogP contribution in [0.3, 0.4) is 0 Å². The van der Waals surface area contributed by atoms with Gasteiger partial charge in [0.05, 0.1) is 22.7 Å². The fourth-order valence-corrected chi connectivity index (χ4v) is 5.06. The molecule has 1 aliphatic rings. The first-order valence-corrected chi connectivity index (χ1v) is 11.9. The zero-order valence-corrected chi connectivity index (χ0v) is 19.3. The molecule has 0 bridgehead atoms. The second-order valence-corrected chi connectivity index (χ2v) is 9.88. The first-order valence-electron chi connectivity index (χ1n) is 10.6. The molecule has 2 heterocycles. The van der Waals surface area contributed by atoms with E-state index >= 15 is 0 Å². The minimum absolute atomic E-state index is 0.101. The number of likely N-dealkylation sites (tertiary alicyclic amines) is 1. The highest BCUT2D eigenvalue weighted by atomic mass is 35.5. The number of para-hydroxylation sites is 1. The summed E-state index contributed by atoms with van der Waals surface area (Å²) in [5.41, 5.74) is 1.35. The van der Waals surface area contributed by atoms with E-state index in [2.05, 4.69) is 6.92 Å². The highest BCUT2D eigenvalue weighted by Crippen LogP contribution is 2.27. The van der Waals surface area contributed by atoms with E-state index in [0.29, 0.717) is 33.5 Å². The van der Waals surface area contributed by atoms with Gasteiger partial charge in [-0.05, 0) is 49.4 Å². The van der Waals surface area contributed by atoms with Crippen molar-refractivity contribution < 1.29 is 4.79 Å². The third-order valence-electron chi connectivity index (χ3n) is 5.84. The highest BCUT2D eigenvalue weighted by molar-refractivity contribution is 8.00. The van der Waals surface area contributed by atoms with Crippen LogP contribution in [0.4, 0.5) is 0 Å². The minimum Gasteiger partial charge on any atom is -0.342 e. The fraction of sp³-hybridized carbons (Fsp3) is 0.375. The van der Waals surface area contributed by atoms with Crippen molar-refractivity contribution in [2.75, 3.05) is 13.1 Å². The zero-order chi connectivity index (χ0) is 22.0. The Balaban J connectivity index is 1.68. The molecule has 2 aromatic carbocycles. The molecule has 0 N–H and O–H groups in total. The maximum absolute atomic E-state index is 13.3. The van der Waals surface area contributed by atoms with Crippen molar-refractivity contribution in [2.45, 2.75) is 43.6 Å². The number of carbonyl (C=O) groups excluding carboxylic acids is 1.